The highest BCUT2D eigenvalue weighted by atomic mass is 32.1. The van der Waals surface area contributed by atoms with Gasteiger partial charge in [0.25, 0.3) is 0 Å². The monoisotopic (exact) mass is 379 g/mol. The molecule has 0 saturated carbocycles. The fourth-order valence-corrected chi connectivity index (χ4v) is 3.57. The van der Waals surface area contributed by atoms with Crippen LogP contribution in [-0.2, 0) is 11.3 Å². The summed E-state index contributed by atoms with van der Waals surface area (Å²) in [6, 6.07) is 13.2. The average Bonchev–Trinajstić information content (AvgIpc) is 3.22. The number of fused-ring (bicyclic) bond motifs is 1. The maximum atomic E-state index is 12.4. The van der Waals surface area contributed by atoms with Crippen LogP contribution >= 0.6 is 11.3 Å². The second kappa shape index (κ2) is 6.85. The second-order valence-electron chi connectivity index (χ2n) is 6.31. The summed E-state index contributed by atoms with van der Waals surface area (Å²) in [6.45, 7) is 3.99. The molecule has 0 aliphatic carbocycles. The first-order valence-electron chi connectivity index (χ1n) is 8.42. The molecule has 0 unspecified atom stereocenters. The molecule has 0 saturated heterocycles. The van der Waals surface area contributed by atoms with Crippen LogP contribution in [0.25, 0.3) is 22.4 Å². The normalized spacial score (nSPS) is 11.0. The van der Waals surface area contributed by atoms with Gasteiger partial charge in [0.1, 0.15) is 6.54 Å². The van der Waals surface area contributed by atoms with Crippen LogP contribution in [0.15, 0.2) is 57.1 Å². The fraction of sp³-hybridized carbons (Fsp3) is 0.150. The lowest BCUT2D eigenvalue weighted by atomic mass is 10.1. The van der Waals surface area contributed by atoms with Gasteiger partial charge in [-0.2, -0.15) is 0 Å². The van der Waals surface area contributed by atoms with Crippen molar-refractivity contribution >= 4 is 33.5 Å². The molecule has 0 atom stereocenters. The summed E-state index contributed by atoms with van der Waals surface area (Å²) < 4.78 is 6.46. The molecule has 0 bridgehead atoms. The molecule has 136 valence electrons. The van der Waals surface area contributed by atoms with E-state index in [2.05, 4.69) is 36.3 Å². The van der Waals surface area contributed by atoms with Crippen LogP contribution < -0.4 is 11.1 Å². The minimum Gasteiger partial charge on any atom is -0.408 e. The van der Waals surface area contributed by atoms with Gasteiger partial charge >= 0.3 is 5.76 Å². The van der Waals surface area contributed by atoms with E-state index in [9.17, 15) is 9.59 Å². The lowest BCUT2D eigenvalue weighted by Gasteiger charge is -2.03. The Kier molecular flexibility index (Phi) is 4.37. The zero-order valence-corrected chi connectivity index (χ0v) is 15.7. The topological polar surface area (TPSA) is 77.1 Å². The molecule has 0 fully saturated rings. The number of nitrogens with one attached hydrogen (secondary N) is 1. The van der Waals surface area contributed by atoms with Gasteiger partial charge in [-0.25, -0.2) is 9.78 Å². The van der Waals surface area contributed by atoms with Crippen molar-refractivity contribution in [1.82, 2.24) is 9.55 Å². The van der Waals surface area contributed by atoms with Crippen LogP contribution in [0.2, 0.25) is 0 Å². The number of aromatic nitrogens is 2. The molecular weight excluding hydrogens is 362 g/mol. The van der Waals surface area contributed by atoms with Crippen molar-refractivity contribution < 1.29 is 9.21 Å². The Balaban J connectivity index is 1.52. The molecule has 4 rings (SSSR count). The number of anilines is 1. The second-order valence-corrected chi connectivity index (χ2v) is 7.17. The molecule has 2 aromatic heterocycles. The summed E-state index contributed by atoms with van der Waals surface area (Å²) in [7, 11) is 0. The van der Waals surface area contributed by atoms with Gasteiger partial charge in [-0.3, -0.25) is 9.36 Å². The molecule has 4 aromatic rings. The zero-order valence-electron chi connectivity index (χ0n) is 14.9. The summed E-state index contributed by atoms with van der Waals surface area (Å²) in [5.41, 5.74) is 5.28. The number of benzene rings is 2. The lowest BCUT2D eigenvalue weighted by molar-refractivity contribution is -0.116. The Morgan fingerprint density at radius 1 is 1.19 bits per heavy atom. The Morgan fingerprint density at radius 3 is 2.81 bits per heavy atom. The van der Waals surface area contributed by atoms with E-state index in [1.165, 1.54) is 27.0 Å². The van der Waals surface area contributed by atoms with Crippen molar-refractivity contribution in [3.05, 3.63) is 69.5 Å². The first-order valence-corrected chi connectivity index (χ1v) is 9.30. The Labute approximate surface area is 159 Å². The zero-order chi connectivity index (χ0) is 19.0. The van der Waals surface area contributed by atoms with Gasteiger partial charge in [-0.05, 0) is 43.2 Å². The number of para-hydroxylation sites is 2. The summed E-state index contributed by atoms with van der Waals surface area (Å²) in [5.74, 6) is -0.883. The van der Waals surface area contributed by atoms with Gasteiger partial charge in [0.15, 0.2) is 10.7 Å². The van der Waals surface area contributed by atoms with Crippen molar-refractivity contribution in [2.75, 3.05) is 5.32 Å². The van der Waals surface area contributed by atoms with Crippen LogP contribution in [0.4, 0.5) is 5.13 Å². The van der Waals surface area contributed by atoms with Gasteiger partial charge in [0.2, 0.25) is 5.91 Å². The highest BCUT2D eigenvalue weighted by Crippen LogP contribution is 2.26. The van der Waals surface area contributed by atoms with Crippen molar-refractivity contribution in [2.45, 2.75) is 20.4 Å². The molecule has 2 aromatic carbocycles. The molecule has 2 heterocycles. The third-order valence-electron chi connectivity index (χ3n) is 4.43. The number of rotatable bonds is 4. The summed E-state index contributed by atoms with van der Waals surface area (Å²) in [4.78, 5) is 28.8. The summed E-state index contributed by atoms with van der Waals surface area (Å²) in [5, 5.41) is 5.15. The predicted molar refractivity (Wildman–Crippen MR) is 106 cm³/mol. The average molecular weight is 379 g/mol. The van der Waals surface area contributed by atoms with E-state index in [-0.39, 0.29) is 12.5 Å². The Morgan fingerprint density at radius 2 is 2.00 bits per heavy atom. The molecule has 0 radical (unpaired) electrons. The number of aryl methyl sites for hydroxylation is 2. The number of carbonyl (C=O) groups is 1. The third-order valence-corrected chi connectivity index (χ3v) is 5.19. The number of thiazole rings is 1. The number of carbonyl (C=O) groups excluding carboxylic acids is 1. The minimum absolute atomic E-state index is 0.131. The Bertz CT molecular complexity index is 1200. The highest BCUT2D eigenvalue weighted by molar-refractivity contribution is 7.14. The van der Waals surface area contributed by atoms with E-state index in [1.807, 2.05) is 11.4 Å². The van der Waals surface area contributed by atoms with Crippen LogP contribution in [0.1, 0.15) is 11.1 Å². The van der Waals surface area contributed by atoms with Crippen molar-refractivity contribution in [2.24, 2.45) is 0 Å². The first-order chi connectivity index (χ1) is 13.0. The van der Waals surface area contributed by atoms with Gasteiger partial charge in [-0.1, -0.05) is 24.3 Å². The van der Waals surface area contributed by atoms with E-state index in [4.69, 9.17) is 4.42 Å². The molecule has 0 aliphatic heterocycles. The van der Waals surface area contributed by atoms with E-state index >= 15 is 0 Å². The van der Waals surface area contributed by atoms with Crippen molar-refractivity contribution in [3.8, 4) is 11.3 Å². The Hall–Kier alpha value is -3.19. The quantitative estimate of drug-likeness (QED) is 0.582. The number of nitrogens with zero attached hydrogens (tertiary/aromatic N) is 2. The number of oxazole rings is 1. The first kappa shape index (κ1) is 17.2. The number of amides is 1. The van der Waals surface area contributed by atoms with E-state index in [1.54, 1.807) is 24.3 Å². The van der Waals surface area contributed by atoms with E-state index in [0.717, 1.165) is 11.3 Å². The molecule has 1 amide bonds. The van der Waals surface area contributed by atoms with Gasteiger partial charge in [-0.15, -0.1) is 11.3 Å². The number of hydrogen-bond donors (Lipinski definition) is 1. The molecule has 0 aliphatic rings. The summed E-state index contributed by atoms with van der Waals surface area (Å²) >= 11 is 1.35. The summed E-state index contributed by atoms with van der Waals surface area (Å²) in [6.07, 6.45) is 0. The molecule has 1 N–H and O–H groups in total. The molecule has 27 heavy (non-hydrogen) atoms. The van der Waals surface area contributed by atoms with Gasteiger partial charge < -0.3 is 9.73 Å². The van der Waals surface area contributed by atoms with E-state index < -0.39 is 5.76 Å². The maximum absolute atomic E-state index is 12.4. The minimum atomic E-state index is -0.554. The fourth-order valence-electron chi connectivity index (χ4n) is 2.83. The van der Waals surface area contributed by atoms with Crippen LogP contribution in [0, 0.1) is 13.8 Å². The molecule has 0 spiro atoms. The number of hydrogen-bond acceptors (Lipinski definition) is 5. The van der Waals surface area contributed by atoms with Crippen molar-refractivity contribution in [1.29, 1.82) is 0 Å². The third kappa shape index (κ3) is 3.41. The van der Waals surface area contributed by atoms with E-state index in [0.29, 0.717) is 16.2 Å². The van der Waals surface area contributed by atoms with Crippen LogP contribution in [0.3, 0.4) is 0 Å². The molecule has 7 heteroatoms. The van der Waals surface area contributed by atoms with Gasteiger partial charge in [0, 0.05) is 10.9 Å². The lowest BCUT2D eigenvalue weighted by Crippen LogP contribution is -2.24. The smallest absolute Gasteiger partial charge is 0.408 e. The van der Waals surface area contributed by atoms with Crippen molar-refractivity contribution in [3.63, 3.8) is 0 Å². The standard InChI is InChI=1S/C20H17N3O3S/c1-12-7-8-14(9-13(12)2)15-11-27-19(21-15)22-18(24)10-23-16-5-3-4-6-17(16)26-20(23)25/h3-9,11H,10H2,1-2H3,(H,21,22,24). The molecular formula is C20H17N3O3S. The largest absolute Gasteiger partial charge is 0.420 e. The van der Waals surface area contributed by atoms with Crippen LogP contribution in [0.5, 0.6) is 0 Å². The predicted octanol–water partition coefficient (Wildman–Crippen LogP) is 3.97. The van der Waals surface area contributed by atoms with Crippen LogP contribution in [-0.4, -0.2) is 15.5 Å². The highest BCUT2D eigenvalue weighted by Gasteiger charge is 2.14. The SMILES string of the molecule is Cc1ccc(-c2csc(NC(=O)Cn3c(=O)oc4ccccc43)n2)cc1C. The molecule has 6 nitrogen and oxygen atoms in total. The maximum Gasteiger partial charge on any atom is 0.420 e. The van der Waals surface area contributed by atoms with Gasteiger partial charge in [0.05, 0.1) is 11.2 Å².